The van der Waals surface area contributed by atoms with Gasteiger partial charge in [-0.05, 0) is 25.7 Å². The van der Waals surface area contributed by atoms with Crippen molar-refractivity contribution in [1.29, 1.82) is 0 Å². The fraction of sp³-hybridized carbons (Fsp3) is 0.714. The van der Waals surface area contributed by atoms with Crippen LogP contribution in [-0.2, 0) is 40.2 Å². The van der Waals surface area contributed by atoms with Crippen LogP contribution in [0.25, 0.3) is 0 Å². The van der Waals surface area contributed by atoms with Gasteiger partial charge in [0.05, 0.1) is 19.0 Å². The van der Waals surface area contributed by atoms with E-state index < -0.39 is 13.4 Å². The molecule has 2 heterocycles. The summed E-state index contributed by atoms with van der Waals surface area (Å²) in [7, 11) is -0.234. The maximum absolute atomic E-state index is 12.0. The first-order valence-corrected chi connectivity index (χ1v) is 16.6. The zero-order valence-corrected chi connectivity index (χ0v) is 23.0. The normalized spacial score (nSPS) is 18.1. The third kappa shape index (κ3) is 11.1. The average molecular weight is 551 g/mol. The molecule has 1 aliphatic rings. The van der Waals surface area contributed by atoms with Crippen LogP contribution in [0.2, 0.25) is 0 Å². The van der Waals surface area contributed by atoms with Crippen LogP contribution in [0.15, 0.2) is 4.76 Å². The zero-order valence-electron chi connectivity index (χ0n) is 17.9. The Kier molecular flexibility index (Phi) is 13.5. The van der Waals surface area contributed by atoms with Crippen LogP contribution in [0.4, 0.5) is 11.9 Å². The molecule has 1 fully saturated rings. The quantitative estimate of drug-likeness (QED) is 0.400. The minimum absolute atomic E-state index is 0.0891. The van der Waals surface area contributed by atoms with E-state index in [0.717, 1.165) is 10.1 Å². The minimum atomic E-state index is -3.25. The van der Waals surface area contributed by atoms with Crippen LogP contribution in [-0.4, -0.2) is 57.8 Å². The highest BCUT2D eigenvalue weighted by Gasteiger charge is 2.27. The molecule has 11 nitrogen and oxygen atoms in total. The SMILES string of the molecule is CCOP(=O)(/N=C1\SCC(C)S1)OCC.COP(=S)(OC)SCc1nc(N)nc(N)n1. The van der Waals surface area contributed by atoms with Crippen molar-refractivity contribution >= 4 is 76.4 Å². The second-order valence-electron chi connectivity index (χ2n) is 5.46. The molecule has 0 saturated carbocycles. The molecule has 17 heteroatoms. The molecule has 4 N–H and O–H groups in total. The number of hydrogen-bond donors (Lipinski definition) is 2. The van der Waals surface area contributed by atoms with Gasteiger partial charge in [-0.1, -0.05) is 41.8 Å². The fourth-order valence-electron chi connectivity index (χ4n) is 1.84. The van der Waals surface area contributed by atoms with E-state index in [0.29, 0.717) is 30.0 Å². The molecule has 178 valence electrons. The Morgan fingerprint density at radius 1 is 1.16 bits per heavy atom. The molecule has 1 atom stereocenters. The summed E-state index contributed by atoms with van der Waals surface area (Å²) in [6.07, 6.45) is 0. The highest BCUT2D eigenvalue weighted by atomic mass is 32.9. The lowest BCUT2D eigenvalue weighted by atomic mass is 10.6. The van der Waals surface area contributed by atoms with Gasteiger partial charge in [-0.2, -0.15) is 19.7 Å². The lowest BCUT2D eigenvalue weighted by Gasteiger charge is -2.15. The first-order valence-electron chi connectivity index (χ1n) is 8.99. The molecule has 0 aliphatic carbocycles. The Hall–Kier alpha value is 0.0500. The van der Waals surface area contributed by atoms with E-state index in [2.05, 4.69) is 26.6 Å². The van der Waals surface area contributed by atoms with E-state index in [1.54, 1.807) is 37.4 Å². The van der Waals surface area contributed by atoms with E-state index in [1.165, 1.54) is 25.6 Å². The van der Waals surface area contributed by atoms with Crippen LogP contribution in [0.3, 0.4) is 0 Å². The monoisotopic (exact) mass is 550 g/mol. The predicted octanol–water partition coefficient (Wildman–Crippen LogP) is 4.18. The van der Waals surface area contributed by atoms with Gasteiger partial charge < -0.3 is 20.5 Å². The molecule has 2 rings (SSSR count). The summed E-state index contributed by atoms with van der Waals surface area (Å²) < 4.78 is 37.3. The Morgan fingerprint density at radius 2 is 1.71 bits per heavy atom. The van der Waals surface area contributed by atoms with Gasteiger partial charge in [0, 0.05) is 25.2 Å². The summed E-state index contributed by atoms with van der Waals surface area (Å²) in [5.41, 5.74) is 8.56. The Morgan fingerprint density at radius 3 is 2.13 bits per heavy atom. The molecule has 1 aliphatic heterocycles. The summed E-state index contributed by atoms with van der Waals surface area (Å²) in [5, 5.41) is 0.519. The van der Waals surface area contributed by atoms with Crippen molar-refractivity contribution < 1.29 is 22.7 Å². The first kappa shape index (κ1) is 29.1. The number of hydrogen-bond acceptors (Lipinski definition) is 14. The zero-order chi connectivity index (χ0) is 23.5. The number of rotatable bonds is 10. The topological polar surface area (TPSA) is 157 Å². The van der Waals surface area contributed by atoms with E-state index >= 15 is 0 Å². The van der Waals surface area contributed by atoms with Crippen LogP contribution >= 0.6 is 48.3 Å². The van der Waals surface area contributed by atoms with Crippen molar-refractivity contribution in [3.63, 3.8) is 0 Å². The van der Waals surface area contributed by atoms with Gasteiger partial charge in [-0.15, -0.1) is 0 Å². The van der Waals surface area contributed by atoms with Gasteiger partial charge in [0.2, 0.25) is 17.6 Å². The maximum atomic E-state index is 12.0. The lowest BCUT2D eigenvalue weighted by Crippen LogP contribution is -2.06. The van der Waals surface area contributed by atoms with Crippen molar-refractivity contribution in [2.24, 2.45) is 4.76 Å². The molecule has 31 heavy (non-hydrogen) atoms. The molecule has 0 bridgehead atoms. The van der Waals surface area contributed by atoms with Crippen molar-refractivity contribution in [3.8, 4) is 0 Å². The molecule has 0 spiro atoms. The van der Waals surface area contributed by atoms with E-state index in [-0.39, 0.29) is 11.9 Å². The molecule has 1 unspecified atom stereocenters. The summed E-state index contributed by atoms with van der Waals surface area (Å²) in [4.78, 5) is 11.5. The number of nitrogens with zero attached hydrogens (tertiary/aromatic N) is 4. The van der Waals surface area contributed by atoms with Gasteiger partial charge in [0.25, 0.3) is 0 Å². The molecule has 0 amide bonds. The third-order valence-electron chi connectivity index (χ3n) is 3.05. The highest BCUT2D eigenvalue weighted by Crippen LogP contribution is 2.60. The Balaban J connectivity index is 0.000000311. The average Bonchev–Trinajstić information content (AvgIpc) is 3.10. The molecule has 1 saturated heterocycles. The summed E-state index contributed by atoms with van der Waals surface area (Å²) >= 11 is 9.71. The van der Waals surface area contributed by atoms with Gasteiger partial charge in [-0.25, -0.2) is 4.57 Å². The smallest absolute Gasteiger partial charge is 0.368 e. The van der Waals surface area contributed by atoms with Gasteiger partial charge in [-0.3, -0.25) is 9.05 Å². The lowest BCUT2D eigenvalue weighted by molar-refractivity contribution is 0.221. The number of aromatic nitrogens is 3. The summed E-state index contributed by atoms with van der Waals surface area (Å²) in [6, 6.07) is 0. The van der Waals surface area contributed by atoms with Crippen molar-refractivity contribution in [2.45, 2.75) is 31.8 Å². The van der Waals surface area contributed by atoms with Crippen LogP contribution in [0.5, 0.6) is 0 Å². The van der Waals surface area contributed by atoms with Crippen molar-refractivity contribution in [2.75, 3.05) is 44.7 Å². The van der Waals surface area contributed by atoms with Crippen molar-refractivity contribution in [1.82, 2.24) is 15.0 Å². The molecule has 1 aromatic rings. The van der Waals surface area contributed by atoms with Crippen LogP contribution in [0.1, 0.15) is 26.6 Å². The van der Waals surface area contributed by atoms with E-state index in [4.69, 9.17) is 41.4 Å². The van der Waals surface area contributed by atoms with Gasteiger partial charge >= 0.3 is 7.75 Å². The van der Waals surface area contributed by atoms with Gasteiger partial charge in [0.1, 0.15) is 10.2 Å². The first-order chi connectivity index (χ1) is 14.6. The number of anilines is 2. The molecule has 0 aromatic carbocycles. The van der Waals surface area contributed by atoms with Gasteiger partial charge in [0.15, 0.2) is 0 Å². The highest BCUT2D eigenvalue weighted by molar-refractivity contribution is 8.67. The van der Waals surface area contributed by atoms with E-state index in [1.807, 2.05) is 0 Å². The van der Waals surface area contributed by atoms with E-state index in [9.17, 15) is 4.57 Å². The molecule has 0 radical (unpaired) electrons. The largest absolute Gasteiger partial charge is 0.455 e. The molecule has 1 aromatic heterocycles. The standard InChI is InChI=1S/C8H16NO3PS2.C6H12N5O2PS2/c1-4-11-13(10,12-5-2)9-8-14-6-7(3)15-8;1-12-14(15,13-2)16-3-4-9-5(7)11-6(8)10-4/h7H,4-6H2,1-3H3;3H2,1-2H3,(H4,7,8,9,10,11)/b9-8+;. The summed E-state index contributed by atoms with van der Waals surface area (Å²) in [5.74, 6) is 2.05. The third-order valence-corrected chi connectivity index (χ3v) is 13.3. The van der Waals surface area contributed by atoms with Crippen molar-refractivity contribution in [3.05, 3.63) is 5.82 Å². The second-order valence-corrected chi connectivity index (χ2v) is 16.3. The molecular formula is C14H28N6O5P2S4. The Bertz CT molecular complexity index is 798. The predicted molar refractivity (Wildman–Crippen MR) is 136 cm³/mol. The maximum Gasteiger partial charge on any atom is 0.455 e. The van der Waals surface area contributed by atoms with Crippen LogP contribution in [0, 0.1) is 0 Å². The van der Waals surface area contributed by atoms with Crippen LogP contribution < -0.4 is 11.5 Å². The number of nitrogens with two attached hydrogens (primary N) is 2. The second kappa shape index (κ2) is 14.3. The Labute approximate surface area is 200 Å². The molecular weight excluding hydrogens is 522 g/mol. The number of thioether (sulfide) groups is 2. The minimum Gasteiger partial charge on any atom is -0.368 e. The fourth-order valence-corrected chi connectivity index (χ4v) is 8.76. The summed E-state index contributed by atoms with van der Waals surface area (Å²) in [6.45, 7) is 6.37. The number of nitrogen functional groups attached to an aromatic ring is 2.